The van der Waals surface area contributed by atoms with Crippen LogP contribution in [0.1, 0.15) is 26.9 Å². The molecule has 0 saturated carbocycles. The molecule has 0 spiro atoms. The average molecular weight is 472 g/mol. The molecule has 1 atom stereocenters. The smallest absolute Gasteiger partial charge is 0.253 e. The number of nitrogens with zero attached hydrogens (tertiary/aromatic N) is 3. The highest BCUT2D eigenvalue weighted by atomic mass is 32.2. The van der Waals surface area contributed by atoms with Gasteiger partial charge in [-0.15, -0.1) is 11.8 Å². The number of hydrogen-bond acceptors (Lipinski definition) is 4. The highest BCUT2D eigenvalue weighted by Gasteiger charge is 2.32. The Bertz CT molecular complexity index is 1110. The van der Waals surface area contributed by atoms with Gasteiger partial charge in [-0.3, -0.25) is 9.59 Å². The van der Waals surface area contributed by atoms with Crippen molar-refractivity contribution in [2.24, 2.45) is 0 Å². The number of hydrogen-bond donors (Lipinski definition) is 0. The van der Waals surface area contributed by atoms with Gasteiger partial charge in [0.05, 0.1) is 5.75 Å². The monoisotopic (exact) mass is 471 g/mol. The number of thioether (sulfide) groups is 1. The number of rotatable bonds is 6. The molecular weight excluding hydrogens is 442 g/mol. The zero-order valence-corrected chi connectivity index (χ0v) is 20.0. The summed E-state index contributed by atoms with van der Waals surface area (Å²) in [6, 6.07) is 28.5. The molecule has 2 heterocycles. The first-order valence-corrected chi connectivity index (χ1v) is 12.9. The quantitative estimate of drug-likeness (QED) is 0.532. The fourth-order valence-corrected chi connectivity index (χ4v) is 5.86. The van der Waals surface area contributed by atoms with Gasteiger partial charge in [0, 0.05) is 44.0 Å². The summed E-state index contributed by atoms with van der Waals surface area (Å²) in [6.45, 7) is 3.81. The van der Waals surface area contributed by atoms with E-state index in [0.717, 1.165) is 38.2 Å². The van der Waals surface area contributed by atoms with Gasteiger partial charge in [-0.25, -0.2) is 0 Å². The van der Waals surface area contributed by atoms with Crippen molar-refractivity contribution in [3.63, 3.8) is 0 Å². The van der Waals surface area contributed by atoms with E-state index in [9.17, 15) is 9.59 Å². The first kappa shape index (κ1) is 22.5. The Morgan fingerprint density at radius 3 is 2.15 bits per heavy atom. The van der Waals surface area contributed by atoms with Gasteiger partial charge in [0.1, 0.15) is 5.37 Å². The van der Waals surface area contributed by atoms with Crippen molar-refractivity contribution in [2.75, 3.05) is 43.4 Å². The molecule has 2 aliphatic rings. The van der Waals surface area contributed by atoms with Crippen molar-refractivity contribution >= 4 is 29.3 Å². The number of para-hydroxylation sites is 1. The van der Waals surface area contributed by atoms with Crippen molar-refractivity contribution in [3.8, 4) is 0 Å². The van der Waals surface area contributed by atoms with E-state index in [4.69, 9.17) is 0 Å². The van der Waals surface area contributed by atoms with Crippen LogP contribution in [0.4, 0.5) is 5.69 Å². The Kier molecular flexibility index (Phi) is 6.86. The third kappa shape index (κ3) is 4.97. The standard InChI is InChI=1S/C28H29N3O2S/c32-26-21-34-28(31(26)16-15-22-7-3-1-4-8-22)24-13-11-23(12-14-24)27(33)30-19-17-29(18-20-30)25-9-5-2-6-10-25/h1-14,28H,15-21H2. The minimum atomic E-state index is 0.00906. The molecule has 2 saturated heterocycles. The topological polar surface area (TPSA) is 43.9 Å². The van der Waals surface area contributed by atoms with Crippen LogP contribution in [0.15, 0.2) is 84.9 Å². The first-order valence-electron chi connectivity index (χ1n) is 11.8. The first-order chi connectivity index (χ1) is 16.7. The molecule has 2 aliphatic heterocycles. The molecule has 3 aromatic rings. The summed E-state index contributed by atoms with van der Waals surface area (Å²) in [5, 5.41) is 0.00906. The normalized spacial score (nSPS) is 18.4. The SMILES string of the molecule is O=C(c1ccc(C2SCC(=O)N2CCc2ccccc2)cc1)N1CCN(c2ccccc2)CC1. The molecule has 0 aliphatic carbocycles. The average Bonchev–Trinajstić information content (AvgIpc) is 3.28. The van der Waals surface area contributed by atoms with Crippen LogP contribution in [0, 0.1) is 0 Å². The van der Waals surface area contributed by atoms with Crippen LogP contribution in [0.2, 0.25) is 0 Å². The Labute approximate surface area is 205 Å². The second-order valence-electron chi connectivity index (χ2n) is 8.72. The van der Waals surface area contributed by atoms with Gasteiger partial charge in [-0.05, 0) is 41.8 Å². The maximum Gasteiger partial charge on any atom is 0.253 e. The summed E-state index contributed by atoms with van der Waals surface area (Å²) in [6.07, 6.45) is 0.842. The van der Waals surface area contributed by atoms with Crippen molar-refractivity contribution in [3.05, 3.63) is 102 Å². The van der Waals surface area contributed by atoms with Crippen molar-refractivity contribution in [2.45, 2.75) is 11.8 Å². The molecule has 2 fully saturated rings. The van der Waals surface area contributed by atoms with Gasteiger partial charge in [-0.1, -0.05) is 60.7 Å². The molecular formula is C28H29N3O2S. The lowest BCUT2D eigenvalue weighted by molar-refractivity contribution is -0.128. The van der Waals surface area contributed by atoms with E-state index in [-0.39, 0.29) is 17.2 Å². The number of piperazine rings is 1. The second kappa shape index (κ2) is 10.3. The van der Waals surface area contributed by atoms with E-state index in [1.807, 2.05) is 70.5 Å². The minimum absolute atomic E-state index is 0.00906. The van der Waals surface area contributed by atoms with Crippen LogP contribution in [0.3, 0.4) is 0 Å². The molecule has 3 aromatic carbocycles. The number of benzene rings is 3. The Hall–Kier alpha value is -3.25. The number of carbonyl (C=O) groups excluding carboxylic acids is 2. The van der Waals surface area contributed by atoms with E-state index in [1.54, 1.807) is 11.8 Å². The third-order valence-corrected chi connectivity index (χ3v) is 7.84. The predicted octanol–water partition coefficient (Wildman–Crippen LogP) is 4.47. The van der Waals surface area contributed by atoms with Gasteiger partial charge in [-0.2, -0.15) is 0 Å². The van der Waals surface area contributed by atoms with Gasteiger partial charge < -0.3 is 14.7 Å². The van der Waals surface area contributed by atoms with Crippen molar-refractivity contribution in [1.82, 2.24) is 9.80 Å². The summed E-state index contributed by atoms with van der Waals surface area (Å²) in [7, 11) is 0. The highest BCUT2D eigenvalue weighted by molar-refractivity contribution is 8.00. The van der Waals surface area contributed by atoms with Crippen LogP contribution in [-0.2, 0) is 11.2 Å². The van der Waals surface area contributed by atoms with E-state index >= 15 is 0 Å². The highest BCUT2D eigenvalue weighted by Crippen LogP contribution is 2.38. The number of amides is 2. The van der Waals surface area contributed by atoms with Gasteiger partial charge in [0.15, 0.2) is 0 Å². The minimum Gasteiger partial charge on any atom is -0.368 e. The molecule has 174 valence electrons. The van der Waals surface area contributed by atoms with Crippen LogP contribution in [0.25, 0.3) is 0 Å². The zero-order chi connectivity index (χ0) is 23.3. The van der Waals surface area contributed by atoms with Crippen LogP contribution < -0.4 is 4.90 Å². The van der Waals surface area contributed by atoms with Crippen LogP contribution >= 0.6 is 11.8 Å². The fraction of sp³-hybridized carbons (Fsp3) is 0.286. The van der Waals surface area contributed by atoms with Gasteiger partial charge in [0.2, 0.25) is 5.91 Å². The summed E-state index contributed by atoms with van der Waals surface area (Å²) >= 11 is 1.66. The van der Waals surface area contributed by atoms with E-state index in [1.165, 1.54) is 11.3 Å². The van der Waals surface area contributed by atoms with E-state index in [0.29, 0.717) is 17.9 Å². The largest absolute Gasteiger partial charge is 0.368 e. The third-order valence-electron chi connectivity index (χ3n) is 6.58. The lowest BCUT2D eigenvalue weighted by atomic mass is 10.1. The molecule has 0 radical (unpaired) electrons. The Balaban J connectivity index is 1.20. The maximum absolute atomic E-state index is 13.1. The molecule has 34 heavy (non-hydrogen) atoms. The van der Waals surface area contributed by atoms with Crippen LogP contribution in [0.5, 0.6) is 0 Å². The molecule has 0 aromatic heterocycles. The zero-order valence-electron chi connectivity index (χ0n) is 19.2. The number of carbonyl (C=O) groups is 2. The Morgan fingerprint density at radius 2 is 1.47 bits per heavy atom. The summed E-state index contributed by atoms with van der Waals surface area (Å²) in [5.74, 6) is 0.768. The molecule has 1 unspecified atom stereocenters. The maximum atomic E-state index is 13.1. The fourth-order valence-electron chi connectivity index (χ4n) is 4.65. The molecule has 0 bridgehead atoms. The lowest BCUT2D eigenvalue weighted by Crippen LogP contribution is -2.48. The molecule has 6 heteroatoms. The Morgan fingerprint density at radius 1 is 0.824 bits per heavy atom. The second-order valence-corrected chi connectivity index (χ2v) is 9.79. The van der Waals surface area contributed by atoms with Crippen LogP contribution in [-0.4, -0.2) is 60.1 Å². The molecule has 5 nitrogen and oxygen atoms in total. The van der Waals surface area contributed by atoms with E-state index < -0.39 is 0 Å². The lowest BCUT2D eigenvalue weighted by Gasteiger charge is -2.36. The molecule has 2 amide bonds. The number of anilines is 1. The summed E-state index contributed by atoms with van der Waals surface area (Å²) in [5.41, 5.74) is 4.23. The van der Waals surface area contributed by atoms with Crippen molar-refractivity contribution < 1.29 is 9.59 Å². The van der Waals surface area contributed by atoms with E-state index in [2.05, 4.69) is 29.2 Å². The van der Waals surface area contributed by atoms with Crippen molar-refractivity contribution in [1.29, 1.82) is 0 Å². The molecule has 5 rings (SSSR count). The van der Waals surface area contributed by atoms with Gasteiger partial charge in [0.25, 0.3) is 5.91 Å². The predicted molar refractivity (Wildman–Crippen MR) is 138 cm³/mol. The molecule has 0 N–H and O–H groups in total. The summed E-state index contributed by atoms with van der Waals surface area (Å²) in [4.78, 5) is 31.9. The summed E-state index contributed by atoms with van der Waals surface area (Å²) < 4.78 is 0. The van der Waals surface area contributed by atoms with Gasteiger partial charge >= 0.3 is 0 Å².